The molecule has 0 radical (unpaired) electrons. The zero-order valence-corrected chi connectivity index (χ0v) is 12.4. The maximum atomic E-state index is 12.9. The third-order valence-electron chi connectivity index (χ3n) is 2.30. The summed E-state index contributed by atoms with van der Waals surface area (Å²) in [5, 5.41) is 2.54. The summed E-state index contributed by atoms with van der Waals surface area (Å²) in [6.07, 6.45) is 0. The van der Waals surface area contributed by atoms with E-state index in [1.165, 1.54) is 39.2 Å². The van der Waals surface area contributed by atoms with Gasteiger partial charge in [-0.2, -0.15) is 0 Å². The third kappa shape index (κ3) is 3.41. The number of amides is 1. The highest BCUT2D eigenvalue weighted by Crippen LogP contribution is 2.15. The molecule has 0 aromatic heterocycles. The Bertz CT molecular complexity index is 488. The molecule has 0 saturated carbocycles. The Kier molecular flexibility index (Phi) is 4.66. The molecule has 0 bridgehead atoms. The molecule has 0 fully saturated rings. The van der Waals surface area contributed by atoms with Crippen molar-refractivity contribution in [3.8, 4) is 0 Å². The second-order valence-electron chi connectivity index (χ2n) is 4.19. The minimum Gasteiger partial charge on any atom is -0.467 e. The van der Waals surface area contributed by atoms with E-state index in [0.717, 1.165) is 0 Å². The van der Waals surface area contributed by atoms with E-state index in [1.54, 1.807) is 0 Å². The van der Waals surface area contributed by atoms with Crippen molar-refractivity contribution in [2.75, 3.05) is 7.11 Å². The van der Waals surface area contributed by atoms with E-state index >= 15 is 0 Å². The highest BCUT2D eigenvalue weighted by Gasteiger charge is 2.31. The standard InChI is InChI=1S/C12H13FINO3/c1-12(2,11(17)18-3)15-10(16)8-5-4-7(13)6-9(8)14/h4-6H,1-3H3,(H,15,16). The van der Waals surface area contributed by atoms with Crippen LogP contribution in [0.4, 0.5) is 4.39 Å². The summed E-state index contributed by atoms with van der Waals surface area (Å²) >= 11 is 1.86. The molecule has 4 nitrogen and oxygen atoms in total. The van der Waals surface area contributed by atoms with Gasteiger partial charge in [-0.05, 0) is 54.6 Å². The number of hydrogen-bond donors (Lipinski definition) is 1. The van der Waals surface area contributed by atoms with Crippen LogP contribution in [-0.2, 0) is 9.53 Å². The minimum absolute atomic E-state index is 0.314. The van der Waals surface area contributed by atoms with Gasteiger partial charge < -0.3 is 10.1 Å². The van der Waals surface area contributed by atoms with Crippen molar-refractivity contribution < 1.29 is 18.7 Å². The molecule has 1 amide bonds. The Balaban J connectivity index is 2.92. The van der Waals surface area contributed by atoms with Gasteiger partial charge in [0.25, 0.3) is 5.91 Å². The molecule has 6 heteroatoms. The lowest BCUT2D eigenvalue weighted by atomic mass is 10.1. The fourth-order valence-corrected chi connectivity index (χ4v) is 2.05. The van der Waals surface area contributed by atoms with Crippen LogP contribution in [0.25, 0.3) is 0 Å². The van der Waals surface area contributed by atoms with E-state index in [-0.39, 0.29) is 0 Å². The van der Waals surface area contributed by atoms with Crippen LogP contribution in [0, 0.1) is 9.39 Å². The van der Waals surface area contributed by atoms with Crippen molar-refractivity contribution in [1.29, 1.82) is 0 Å². The molecule has 0 atom stereocenters. The van der Waals surface area contributed by atoms with Crippen molar-refractivity contribution in [2.45, 2.75) is 19.4 Å². The number of halogens is 2. The van der Waals surface area contributed by atoms with Gasteiger partial charge in [-0.3, -0.25) is 4.79 Å². The molecule has 1 aromatic rings. The van der Waals surface area contributed by atoms with E-state index in [9.17, 15) is 14.0 Å². The summed E-state index contributed by atoms with van der Waals surface area (Å²) in [6.45, 7) is 3.07. The average Bonchev–Trinajstić information content (AvgIpc) is 2.26. The molecule has 0 spiro atoms. The zero-order valence-electron chi connectivity index (χ0n) is 10.2. The molecule has 0 aliphatic carbocycles. The summed E-state index contributed by atoms with van der Waals surface area (Å²) in [7, 11) is 1.25. The first kappa shape index (κ1) is 14.9. The average molecular weight is 365 g/mol. The number of hydrogen-bond acceptors (Lipinski definition) is 3. The lowest BCUT2D eigenvalue weighted by Crippen LogP contribution is -2.50. The van der Waals surface area contributed by atoms with Crippen molar-refractivity contribution in [2.24, 2.45) is 0 Å². The monoisotopic (exact) mass is 365 g/mol. The van der Waals surface area contributed by atoms with E-state index < -0.39 is 23.2 Å². The fraction of sp³-hybridized carbons (Fsp3) is 0.333. The predicted octanol–water partition coefficient (Wildman–Crippen LogP) is 2.11. The van der Waals surface area contributed by atoms with Crippen LogP contribution >= 0.6 is 22.6 Å². The Morgan fingerprint density at radius 1 is 1.39 bits per heavy atom. The first-order chi connectivity index (χ1) is 8.27. The second-order valence-corrected chi connectivity index (χ2v) is 5.36. The third-order valence-corrected chi connectivity index (χ3v) is 3.19. The SMILES string of the molecule is COC(=O)C(C)(C)NC(=O)c1ccc(F)cc1I. The van der Waals surface area contributed by atoms with Gasteiger partial charge in [0.15, 0.2) is 0 Å². The van der Waals surface area contributed by atoms with Crippen LogP contribution < -0.4 is 5.32 Å². The van der Waals surface area contributed by atoms with Gasteiger partial charge in [-0.15, -0.1) is 0 Å². The molecule has 1 rings (SSSR count). The highest BCUT2D eigenvalue weighted by atomic mass is 127. The largest absolute Gasteiger partial charge is 0.467 e. The molecule has 98 valence electrons. The molecule has 1 aromatic carbocycles. The summed E-state index contributed by atoms with van der Waals surface area (Å²) < 4.78 is 18.0. The number of methoxy groups -OCH3 is 1. The van der Waals surface area contributed by atoms with Gasteiger partial charge in [0.1, 0.15) is 11.4 Å². The lowest BCUT2D eigenvalue weighted by molar-refractivity contribution is -0.146. The summed E-state index contributed by atoms with van der Waals surface area (Å²) in [4.78, 5) is 23.4. The van der Waals surface area contributed by atoms with E-state index in [1.807, 2.05) is 22.6 Å². The van der Waals surface area contributed by atoms with Gasteiger partial charge in [-0.25, -0.2) is 9.18 Å². The van der Waals surface area contributed by atoms with Crippen LogP contribution in [0.5, 0.6) is 0 Å². The van der Waals surface area contributed by atoms with Crippen LogP contribution in [0.1, 0.15) is 24.2 Å². The number of benzene rings is 1. The molecule has 18 heavy (non-hydrogen) atoms. The summed E-state index contributed by atoms with van der Waals surface area (Å²) in [5.41, 5.74) is -0.822. The number of esters is 1. The van der Waals surface area contributed by atoms with Crippen LogP contribution in [0.3, 0.4) is 0 Å². The Morgan fingerprint density at radius 3 is 2.50 bits per heavy atom. The molecular weight excluding hydrogens is 352 g/mol. The molecule has 0 unspecified atom stereocenters. The minimum atomic E-state index is -1.14. The zero-order chi connectivity index (χ0) is 13.9. The van der Waals surface area contributed by atoms with Crippen molar-refractivity contribution in [3.63, 3.8) is 0 Å². The van der Waals surface area contributed by atoms with Crippen molar-refractivity contribution >= 4 is 34.5 Å². The topological polar surface area (TPSA) is 55.4 Å². The number of carbonyl (C=O) groups is 2. The molecular formula is C12H13FINO3. The Labute approximate surface area is 118 Å². The highest BCUT2D eigenvalue weighted by molar-refractivity contribution is 14.1. The Hall–Kier alpha value is -1.18. The van der Waals surface area contributed by atoms with Crippen molar-refractivity contribution in [1.82, 2.24) is 5.32 Å². The van der Waals surface area contributed by atoms with Gasteiger partial charge in [0, 0.05) is 3.57 Å². The number of nitrogens with one attached hydrogen (secondary N) is 1. The van der Waals surface area contributed by atoms with Gasteiger partial charge in [-0.1, -0.05) is 0 Å². The van der Waals surface area contributed by atoms with Crippen LogP contribution in [0.2, 0.25) is 0 Å². The summed E-state index contributed by atoms with van der Waals surface area (Å²) in [6, 6.07) is 3.82. The second kappa shape index (κ2) is 5.64. The smallest absolute Gasteiger partial charge is 0.330 e. The molecule has 0 saturated heterocycles. The fourth-order valence-electron chi connectivity index (χ4n) is 1.33. The maximum Gasteiger partial charge on any atom is 0.330 e. The van der Waals surface area contributed by atoms with E-state index in [0.29, 0.717) is 9.13 Å². The quantitative estimate of drug-likeness (QED) is 0.660. The van der Waals surface area contributed by atoms with Gasteiger partial charge >= 0.3 is 5.97 Å². The lowest BCUT2D eigenvalue weighted by Gasteiger charge is -2.23. The summed E-state index contributed by atoms with van der Waals surface area (Å²) in [5.74, 6) is -1.41. The molecule has 0 aliphatic rings. The van der Waals surface area contributed by atoms with E-state index in [2.05, 4.69) is 10.1 Å². The molecule has 0 heterocycles. The Morgan fingerprint density at radius 2 is 2.00 bits per heavy atom. The number of rotatable bonds is 3. The van der Waals surface area contributed by atoms with Gasteiger partial charge in [0.05, 0.1) is 12.7 Å². The number of carbonyl (C=O) groups excluding carboxylic acids is 2. The van der Waals surface area contributed by atoms with Crippen molar-refractivity contribution in [3.05, 3.63) is 33.1 Å². The van der Waals surface area contributed by atoms with Crippen LogP contribution in [0.15, 0.2) is 18.2 Å². The first-order valence-electron chi connectivity index (χ1n) is 5.14. The molecule has 0 aliphatic heterocycles. The van der Waals surface area contributed by atoms with Crippen LogP contribution in [-0.4, -0.2) is 24.5 Å². The maximum absolute atomic E-state index is 12.9. The number of ether oxygens (including phenoxy) is 1. The van der Waals surface area contributed by atoms with E-state index in [4.69, 9.17) is 0 Å². The first-order valence-corrected chi connectivity index (χ1v) is 6.22. The normalized spacial score (nSPS) is 10.9. The predicted molar refractivity (Wildman–Crippen MR) is 72.7 cm³/mol. The molecule has 1 N–H and O–H groups in total. The van der Waals surface area contributed by atoms with Gasteiger partial charge in [0.2, 0.25) is 0 Å².